The van der Waals surface area contributed by atoms with E-state index >= 15 is 0 Å². The molecule has 0 aromatic heterocycles. The number of benzene rings is 2. The zero-order valence-electron chi connectivity index (χ0n) is 9.08. The van der Waals surface area contributed by atoms with Crippen LogP contribution in [0, 0.1) is 11.5 Å². The maximum Gasteiger partial charge on any atom is 0.283 e. The van der Waals surface area contributed by atoms with Crippen molar-refractivity contribution in [2.45, 2.75) is 0 Å². The fraction of sp³-hybridized carbons (Fsp3) is 0. The Hall–Kier alpha value is -2.60. The maximum absolute atomic E-state index is 11.8. The summed E-state index contributed by atoms with van der Waals surface area (Å²) >= 11 is 0. The number of nitriles is 1. The number of nitrogens with zero attached hydrogens (tertiary/aromatic N) is 1. The molecular formula is C14H11NO2. The summed E-state index contributed by atoms with van der Waals surface area (Å²) < 4.78 is 0. The van der Waals surface area contributed by atoms with Crippen LogP contribution < -0.4 is 0 Å². The smallest absolute Gasteiger partial charge is 0.283 e. The summed E-state index contributed by atoms with van der Waals surface area (Å²) in [5.41, 5.74) is 1.47. The number of ketones is 1. The van der Waals surface area contributed by atoms with Gasteiger partial charge in [0.15, 0.2) is 5.78 Å². The summed E-state index contributed by atoms with van der Waals surface area (Å²) in [6.07, 6.45) is 0.750. The largest absolute Gasteiger partial charge is 0.443 e. The molecule has 84 valence electrons. The zero-order valence-corrected chi connectivity index (χ0v) is 9.08. The van der Waals surface area contributed by atoms with Crippen molar-refractivity contribution in [1.82, 2.24) is 0 Å². The van der Waals surface area contributed by atoms with E-state index in [2.05, 4.69) is 0 Å². The fourth-order valence-corrected chi connectivity index (χ4v) is 1.35. The van der Waals surface area contributed by atoms with Crippen molar-refractivity contribution in [2.24, 2.45) is 0 Å². The lowest BCUT2D eigenvalue weighted by Gasteiger charge is -1.99. The Morgan fingerprint density at radius 3 is 1.47 bits per heavy atom. The number of hydrogen-bond donors (Lipinski definition) is 1. The van der Waals surface area contributed by atoms with E-state index in [1.807, 2.05) is 60.7 Å². The second-order valence-corrected chi connectivity index (χ2v) is 3.16. The normalized spacial score (nSPS) is 8.41. The van der Waals surface area contributed by atoms with Crippen LogP contribution in [0.5, 0.6) is 0 Å². The highest BCUT2D eigenvalue weighted by molar-refractivity contribution is 6.08. The van der Waals surface area contributed by atoms with Crippen LogP contribution in [0.2, 0.25) is 0 Å². The van der Waals surface area contributed by atoms with E-state index in [1.165, 1.54) is 0 Å². The Labute approximate surface area is 99.6 Å². The summed E-state index contributed by atoms with van der Waals surface area (Å²) in [4.78, 5) is 11.8. The van der Waals surface area contributed by atoms with Crippen LogP contribution in [0.1, 0.15) is 15.9 Å². The molecule has 0 unspecified atom stereocenters. The molecule has 0 spiro atoms. The Morgan fingerprint density at radius 1 is 0.882 bits per heavy atom. The Kier molecular flexibility index (Phi) is 4.99. The van der Waals surface area contributed by atoms with Crippen LogP contribution in [0.25, 0.3) is 0 Å². The van der Waals surface area contributed by atoms with Gasteiger partial charge in [-0.2, -0.15) is 5.26 Å². The molecule has 0 saturated heterocycles. The van der Waals surface area contributed by atoms with Crippen molar-refractivity contribution in [3.63, 3.8) is 0 Å². The van der Waals surface area contributed by atoms with Crippen LogP contribution in [0.3, 0.4) is 0 Å². The predicted octanol–water partition coefficient (Wildman–Crippen LogP) is 2.76. The van der Waals surface area contributed by atoms with E-state index < -0.39 is 0 Å². The van der Waals surface area contributed by atoms with E-state index in [9.17, 15) is 4.79 Å². The van der Waals surface area contributed by atoms with Crippen molar-refractivity contribution < 1.29 is 9.90 Å². The molecule has 0 saturated carbocycles. The zero-order chi connectivity index (χ0) is 12.5. The van der Waals surface area contributed by atoms with Gasteiger partial charge in [0.2, 0.25) is 0 Å². The molecule has 0 aliphatic heterocycles. The van der Waals surface area contributed by atoms with Gasteiger partial charge < -0.3 is 5.11 Å². The summed E-state index contributed by atoms with van der Waals surface area (Å²) in [6.45, 7) is 0. The number of carbonyl (C=O) groups is 1. The molecule has 0 bridgehead atoms. The van der Waals surface area contributed by atoms with Gasteiger partial charge in [-0.05, 0) is 0 Å². The average molecular weight is 225 g/mol. The summed E-state index contributed by atoms with van der Waals surface area (Å²) in [5.74, 6) is 0.0752. The van der Waals surface area contributed by atoms with Crippen molar-refractivity contribution >= 4 is 5.78 Å². The molecule has 2 rings (SSSR count). The number of carbonyl (C=O) groups excluding carboxylic acids is 1. The summed E-state index contributed by atoms with van der Waals surface area (Å²) in [6, 6.07) is 18.6. The highest BCUT2D eigenvalue weighted by Crippen LogP contribution is 2.08. The maximum atomic E-state index is 11.8. The van der Waals surface area contributed by atoms with E-state index in [-0.39, 0.29) is 5.78 Å². The second kappa shape index (κ2) is 6.81. The molecule has 0 atom stereocenters. The monoisotopic (exact) mass is 225 g/mol. The lowest BCUT2D eigenvalue weighted by atomic mass is 10.0. The topological polar surface area (TPSA) is 61.1 Å². The predicted molar refractivity (Wildman–Crippen MR) is 63.9 cm³/mol. The molecule has 0 radical (unpaired) electrons. The molecule has 2 aromatic rings. The third-order valence-electron chi connectivity index (χ3n) is 2.07. The van der Waals surface area contributed by atoms with Gasteiger partial charge in [0.05, 0.1) is 0 Å². The molecule has 17 heavy (non-hydrogen) atoms. The lowest BCUT2D eigenvalue weighted by molar-refractivity contribution is 0.103. The SMILES string of the molecule is N#CO.O=C(c1ccccc1)c1ccccc1. The van der Waals surface area contributed by atoms with E-state index in [0.29, 0.717) is 0 Å². The third kappa shape index (κ3) is 3.80. The Balaban J connectivity index is 0.000000437. The second-order valence-electron chi connectivity index (χ2n) is 3.16. The standard InChI is InChI=1S/C13H10O.CHNO/c14-13(11-7-3-1-4-8-11)12-9-5-2-6-10-12;2-1-3/h1-10H;3H. The van der Waals surface area contributed by atoms with Gasteiger partial charge in [0.25, 0.3) is 6.26 Å². The molecule has 0 heterocycles. The van der Waals surface area contributed by atoms with Crippen molar-refractivity contribution in [1.29, 1.82) is 5.26 Å². The highest BCUT2D eigenvalue weighted by Gasteiger charge is 2.06. The lowest BCUT2D eigenvalue weighted by Crippen LogP contribution is -1.99. The first-order chi connectivity index (χ1) is 8.29. The van der Waals surface area contributed by atoms with E-state index in [0.717, 1.165) is 17.4 Å². The number of rotatable bonds is 2. The molecule has 1 N–H and O–H groups in total. The van der Waals surface area contributed by atoms with Crippen molar-refractivity contribution in [2.75, 3.05) is 0 Å². The van der Waals surface area contributed by atoms with E-state index in [1.54, 1.807) is 0 Å². The fourth-order valence-electron chi connectivity index (χ4n) is 1.35. The molecule has 3 heteroatoms. The van der Waals surface area contributed by atoms with Gasteiger partial charge in [-0.1, -0.05) is 60.7 Å². The van der Waals surface area contributed by atoms with Crippen LogP contribution in [-0.4, -0.2) is 10.9 Å². The van der Waals surface area contributed by atoms with E-state index in [4.69, 9.17) is 10.4 Å². The van der Waals surface area contributed by atoms with Gasteiger partial charge in [-0.15, -0.1) is 0 Å². The van der Waals surface area contributed by atoms with Gasteiger partial charge in [-0.25, -0.2) is 0 Å². The molecular weight excluding hydrogens is 214 g/mol. The summed E-state index contributed by atoms with van der Waals surface area (Å²) in [5, 5.41) is 13.8. The number of aliphatic hydroxyl groups is 1. The quantitative estimate of drug-likeness (QED) is 0.631. The van der Waals surface area contributed by atoms with Crippen LogP contribution in [0.15, 0.2) is 60.7 Å². The molecule has 0 fully saturated rings. The van der Waals surface area contributed by atoms with Gasteiger partial charge >= 0.3 is 0 Å². The Bertz CT molecular complexity index is 459. The first-order valence-corrected chi connectivity index (χ1v) is 4.97. The summed E-state index contributed by atoms with van der Waals surface area (Å²) in [7, 11) is 0. The van der Waals surface area contributed by atoms with Gasteiger partial charge in [0.1, 0.15) is 0 Å². The minimum atomic E-state index is 0.0752. The minimum Gasteiger partial charge on any atom is -0.443 e. The van der Waals surface area contributed by atoms with Gasteiger partial charge in [-0.3, -0.25) is 4.79 Å². The van der Waals surface area contributed by atoms with Crippen LogP contribution >= 0.6 is 0 Å². The minimum absolute atomic E-state index is 0.0752. The Morgan fingerprint density at radius 2 is 1.18 bits per heavy atom. The van der Waals surface area contributed by atoms with Crippen LogP contribution in [-0.2, 0) is 0 Å². The number of hydrogen-bond acceptors (Lipinski definition) is 3. The first kappa shape index (κ1) is 12.5. The third-order valence-corrected chi connectivity index (χ3v) is 2.07. The molecule has 0 aliphatic rings. The highest BCUT2D eigenvalue weighted by atomic mass is 16.2. The van der Waals surface area contributed by atoms with Crippen molar-refractivity contribution in [3.05, 3.63) is 71.8 Å². The van der Waals surface area contributed by atoms with Gasteiger partial charge in [0, 0.05) is 11.1 Å². The number of aliphatic hydroxyl groups excluding tert-OH is 1. The first-order valence-electron chi connectivity index (χ1n) is 4.97. The molecule has 2 aromatic carbocycles. The van der Waals surface area contributed by atoms with Crippen molar-refractivity contribution in [3.8, 4) is 6.26 Å². The molecule has 0 aliphatic carbocycles. The van der Waals surface area contributed by atoms with Crippen LogP contribution in [0.4, 0.5) is 0 Å². The average Bonchev–Trinajstić information content (AvgIpc) is 2.41. The molecule has 0 amide bonds. The molecule has 3 nitrogen and oxygen atoms in total.